The molecule has 8 atom stereocenters. The molecule has 2 saturated heterocycles. The second kappa shape index (κ2) is 35.7. The minimum Gasteiger partial charge on any atom is -0.445 e. The first-order chi connectivity index (χ1) is 44.0. The smallest absolute Gasteiger partial charge is 0.408 e. The summed E-state index contributed by atoms with van der Waals surface area (Å²) in [5.41, 5.74) is 2.22. The number of ether oxygens (including phenoxy) is 1. The largest absolute Gasteiger partial charge is 0.445 e. The van der Waals surface area contributed by atoms with Gasteiger partial charge in [0.25, 0.3) is 11.8 Å². The Morgan fingerprint density at radius 1 is 0.447 bits per heavy atom. The summed E-state index contributed by atoms with van der Waals surface area (Å²) in [7, 11) is 13.3. The summed E-state index contributed by atoms with van der Waals surface area (Å²) >= 11 is 0. The van der Waals surface area contributed by atoms with Gasteiger partial charge in [-0.2, -0.15) is 0 Å². The van der Waals surface area contributed by atoms with Crippen molar-refractivity contribution in [3.63, 3.8) is 0 Å². The number of hydrogen-bond donors (Lipinski definition) is 5. The Morgan fingerprint density at radius 2 is 0.809 bits per heavy atom. The molecule has 0 aromatic heterocycles. The van der Waals surface area contributed by atoms with Crippen LogP contribution in [0.5, 0.6) is 0 Å². The van der Waals surface area contributed by atoms with Crippen LogP contribution in [0.25, 0.3) is 0 Å². The Morgan fingerprint density at radius 3 is 1.16 bits per heavy atom. The SMILES string of the molecule is CC(C)C(NC(=O)[C@@H](NC(=O)OCc1ccccc1)C(C)C)C(=O)N(C)[C@H](C(=O)N1CCC[C@H]1C(=O)Nc1ccccc1C(=O)N(C)C)C(C)C.CC(C)C(NC(=O)[C@H](C(C)C)N(C)C)C(=O)N(C)[C@H](C(=O)N1CCC[C@H]1C(=O)Nc1ccccc1C(=O)N(C)C)C(C)C. The Labute approximate surface area is 556 Å². The van der Waals surface area contributed by atoms with Crippen LogP contribution in [-0.2, 0) is 49.7 Å². The zero-order chi connectivity index (χ0) is 70.7. The van der Waals surface area contributed by atoms with Crippen molar-refractivity contribution in [2.45, 2.75) is 164 Å². The van der Waals surface area contributed by atoms with E-state index < -0.39 is 72.1 Å². The van der Waals surface area contributed by atoms with Crippen LogP contribution in [0.2, 0.25) is 0 Å². The number of hydrogen-bond acceptors (Lipinski definition) is 13. The molecule has 0 saturated carbocycles. The second-order valence-corrected chi connectivity index (χ2v) is 27.2. The molecule has 2 aliphatic rings. The first-order valence-electron chi connectivity index (χ1n) is 32.7. The number of alkyl carbamates (subject to hydrolysis) is 1. The van der Waals surface area contributed by atoms with E-state index in [0.29, 0.717) is 61.3 Å². The minimum absolute atomic E-state index is 0.0323. The molecular weight excluding hydrogens is 1200 g/mol. The van der Waals surface area contributed by atoms with Gasteiger partial charge in [-0.3, -0.25) is 52.8 Å². The van der Waals surface area contributed by atoms with Crippen LogP contribution < -0.4 is 26.6 Å². The van der Waals surface area contributed by atoms with E-state index in [0.717, 1.165) is 5.56 Å². The molecule has 24 heteroatoms. The van der Waals surface area contributed by atoms with Gasteiger partial charge < -0.3 is 60.7 Å². The van der Waals surface area contributed by atoms with Gasteiger partial charge in [-0.15, -0.1) is 0 Å². The highest BCUT2D eigenvalue weighted by Crippen LogP contribution is 2.29. The summed E-state index contributed by atoms with van der Waals surface area (Å²) in [6, 6.07) is 16.1. The van der Waals surface area contributed by atoms with Gasteiger partial charge in [0.1, 0.15) is 48.9 Å². The average molecular weight is 1310 g/mol. The van der Waals surface area contributed by atoms with Crippen molar-refractivity contribution in [1.82, 2.24) is 50.2 Å². The lowest BCUT2D eigenvalue weighted by Crippen LogP contribution is -2.61. The van der Waals surface area contributed by atoms with E-state index in [2.05, 4.69) is 26.6 Å². The van der Waals surface area contributed by atoms with Crippen LogP contribution in [0.4, 0.5) is 16.2 Å². The van der Waals surface area contributed by atoms with Gasteiger partial charge >= 0.3 is 6.09 Å². The molecule has 0 spiro atoms. The molecule has 3 aromatic carbocycles. The molecule has 2 heterocycles. The minimum atomic E-state index is -1.01. The summed E-state index contributed by atoms with van der Waals surface area (Å²) in [5, 5.41) is 14.1. The Kier molecular flexibility index (Phi) is 29.7. The van der Waals surface area contributed by atoms with Crippen molar-refractivity contribution >= 4 is 76.5 Å². The van der Waals surface area contributed by atoms with Crippen molar-refractivity contribution in [3.05, 3.63) is 95.6 Å². The third kappa shape index (κ3) is 20.5. The zero-order valence-electron chi connectivity index (χ0n) is 59.1. The number of nitrogens with one attached hydrogen (secondary N) is 5. The number of carbonyl (C=O) groups excluding carboxylic acids is 11. The number of benzene rings is 3. The quantitative estimate of drug-likeness (QED) is 0.0581. The fourth-order valence-corrected chi connectivity index (χ4v) is 12.0. The number of carbonyl (C=O) groups is 11. The lowest BCUT2D eigenvalue weighted by Gasteiger charge is -2.38. The molecule has 0 bridgehead atoms. The first-order valence-corrected chi connectivity index (χ1v) is 32.7. The molecule has 2 unspecified atom stereocenters. The van der Waals surface area contributed by atoms with E-state index >= 15 is 0 Å². The van der Waals surface area contributed by atoms with E-state index in [1.165, 1.54) is 31.5 Å². The molecule has 518 valence electrons. The molecular formula is C70H106N12O12. The third-order valence-corrected chi connectivity index (χ3v) is 17.0. The van der Waals surface area contributed by atoms with E-state index in [4.69, 9.17) is 4.74 Å². The van der Waals surface area contributed by atoms with Gasteiger partial charge in [0.2, 0.25) is 47.3 Å². The summed E-state index contributed by atoms with van der Waals surface area (Å²) in [4.78, 5) is 159. The van der Waals surface area contributed by atoms with Crippen LogP contribution in [0.1, 0.15) is 135 Å². The molecule has 2 fully saturated rings. The zero-order valence-corrected chi connectivity index (χ0v) is 59.1. The number of likely N-dealkylation sites (tertiary alicyclic amines) is 2. The van der Waals surface area contributed by atoms with E-state index in [-0.39, 0.29) is 83.5 Å². The summed E-state index contributed by atoms with van der Waals surface area (Å²) < 4.78 is 5.32. The first kappa shape index (κ1) is 78.0. The lowest BCUT2D eigenvalue weighted by molar-refractivity contribution is -0.150. The van der Waals surface area contributed by atoms with Crippen molar-refractivity contribution in [2.75, 3.05) is 80.1 Å². The van der Waals surface area contributed by atoms with Gasteiger partial charge in [0.15, 0.2) is 0 Å². The fraction of sp³-hybridized carbons (Fsp3) is 0.586. The Hall–Kier alpha value is -8.41. The van der Waals surface area contributed by atoms with Crippen molar-refractivity contribution in [2.24, 2.45) is 35.5 Å². The monoisotopic (exact) mass is 1310 g/mol. The second-order valence-electron chi connectivity index (χ2n) is 27.2. The van der Waals surface area contributed by atoms with E-state index in [1.807, 2.05) is 105 Å². The molecule has 5 N–H and O–H groups in total. The van der Waals surface area contributed by atoms with Crippen molar-refractivity contribution in [3.8, 4) is 0 Å². The average Bonchev–Trinajstić information content (AvgIpc) is 1.79. The highest BCUT2D eigenvalue weighted by molar-refractivity contribution is 6.07. The van der Waals surface area contributed by atoms with Crippen LogP contribution >= 0.6 is 0 Å². The van der Waals surface area contributed by atoms with Gasteiger partial charge in [-0.25, -0.2) is 4.79 Å². The van der Waals surface area contributed by atoms with Crippen LogP contribution in [0, 0.1) is 35.5 Å². The topological polar surface area (TPSA) is 280 Å². The predicted octanol–water partition coefficient (Wildman–Crippen LogP) is 6.42. The maximum absolute atomic E-state index is 14.2. The molecule has 3 aromatic rings. The van der Waals surface area contributed by atoms with E-state index in [1.54, 1.807) is 116 Å². The number of para-hydroxylation sites is 2. The Balaban J connectivity index is 0.000000406. The van der Waals surface area contributed by atoms with Gasteiger partial charge in [0.05, 0.1) is 28.5 Å². The van der Waals surface area contributed by atoms with Crippen molar-refractivity contribution in [1.29, 1.82) is 0 Å². The summed E-state index contributed by atoms with van der Waals surface area (Å²) in [6.07, 6.45) is 1.35. The molecule has 2 aliphatic heterocycles. The number of likely N-dealkylation sites (N-methyl/N-ethyl adjacent to an activating group) is 3. The molecule has 0 radical (unpaired) electrons. The van der Waals surface area contributed by atoms with E-state index in [9.17, 15) is 52.7 Å². The fourth-order valence-electron chi connectivity index (χ4n) is 12.0. The summed E-state index contributed by atoms with van der Waals surface area (Å²) in [6.45, 7) is 22.9. The molecule has 5 rings (SSSR count). The van der Waals surface area contributed by atoms with Crippen LogP contribution in [-0.4, -0.2) is 217 Å². The number of rotatable bonds is 26. The highest BCUT2D eigenvalue weighted by atomic mass is 16.5. The maximum atomic E-state index is 14.2. The Bertz CT molecular complexity index is 3110. The molecule has 0 aliphatic carbocycles. The number of amides is 11. The van der Waals surface area contributed by atoms with Crippen LogP contribution in [0.15, 0.2) is 78.9 Å². The van der Waals surface area contributed by atoms with Gasteiger partial charge in [0, 0.05) is 55.4 Å². The normalized spacial score (nSPS) is 16.5. The maximum Gasteiger partial charge on any atom is 0.408 e. The number of nitrogens with zero attached hydrogens (tertiary/aromatic N) is 7. The van der Waals surface area contributed by atoms with Crippen molar-refractivity contribution < 1.29 is 57.5 Å². The molecule has 24 nitrogen and oxygen atoms in total. The molecule has 94 heavy (non-hydrogen) atoms. The highest BCUT2D eigenvalue weighted by Gasteiger charge is 2.45. The number of anilines is 2. The molecule has 11 amide bonds. The predicted molar refractivity (Wildman–Crippen MR) is 363 cm³/mol. The standard InChI is InChI=1S/C38H54N6O7.C32H52N6O5/c1-23(2)30(41-38(50)51-22-26-16-11-10-12-17-26)34(46)40-31(24(3)4)36(48)43(9)32(25(5)6)37(49)44-21-15-20-29(44)33(45)39-28-19-14-13-18-27(28)35(47)42(7)8;1-19(2)25(34-29(40)26(20(3)4)35(7)8)31(42)37(11)27(21(5)6)32(43)38-18-14-17-24(38)28(39)33-23-16-13-12-15-22(23)30(41)36(9)10/h10-14,16-19,23-25,29-32H,15,20-22H2,1-9H3,(H,39,45)(H,40,46)(H,41,50);12-13,15-16,19-21,24-27H,14,17-18H2,1-11H3,(H,33,39)(H,34,40)/t29-,30-,31?,32-;24-,25?,26-,27-/m00/s1. The van der Waals surface area contributed by atoms with Gasteiger partial charge in [-0.1, -0.05) is 138 Å². The van der Waals surface area contributed by atoms with Gasteiger partial charge in [-0.05, 0) is 105 Å². The summed E-state index contributed by atoms with van der Waals surface area (Å²) in [5.74, 6) is -5.08. The third-order valence-electron chi connectivity index (χ3n) is 17.0. The lowest BCUT2D eigenvalue weighted by atomic mass is 9.96. The van der Waals surface area contributed by atoms with Crippen LogP contribution in [0.3, 0.4) is 0 Å².